The van der Waals surface area contributed by atoms with Gasteiger partial charge in [-0.3, -0.25) is 9.88 Å². The Balaban J connectivity index is 1.87. The van der Waals surface area contributed by atoms with E-state index in [0.29, 0.717) is 30.3 Å². The van der Waals surface area contributed by atoms with E-state index in [1.54, 1.807) is 38.6 Å². The van der Waals surface area contributed by atoms with Crippen molar-refractivity contribution >= 4 is 0 Å². The average Bonchev–Trinajstić information content (AvgIpc) is 2.68. The Bertz CT molecular complexity index is 753. The molecule has 1 aromatic carbocycles. The Morgan fingerprint density at radius 1 is 1.15 bits per heavy atom. The Morgan fingerprint density at radius 3 is 2.59 bits per heavy atom. The van der Waals surface area contributed by atoms with Crippen LogP contribution in [0.15, 0.2) is 42.6 Å². The molecule has 1 aromatic heterocycles. The van der Waals surface area contributed by atoms with E-state index in [2.05, 4.69) is 9.88 Å². The van der Waals surface area contributed by atoms with Gasteiger partial charge in [0.2, 0.25) is 0 Å². The summed E-state index contributed by atoms with van der Waals surface area (Å²) in [7, 11) is 3.15. The molecular formula is C20H23F3N2O2. The number of nitrogens with zero attached hydrogens (tertiary/aromatic N) is 2. The highest BCUT2D eigenvalue weighted by atomic mass is 19.4. The molecule has 2 heterocycles. The number of aromatic nitrogens is 1. The zero-order chi connectivity index (χ0) is 19.4. The van der Waals surface area contributed by atoms with Crippen molar-refractivity contribution < 1.29 is 22.6 Å². The minimum Gasteiger partial charge on any atom is -0.497 e. The Kier molecular flexibility index (Phi) is 5.89. The molecule has 2 atom stereocenters. The summed E-state index contributed by atoms with van der Waals surface area (Å²) in [5.41, 5.74) is 1.57. The van der Waals surface area contributed by atoms with Crippen LogP contribution < -0.4 is 9.47 Å². The number of methoxy groups -OCH3 is 2. The second kappa shape index (κ2) is 8.17. The van der Waals surface area contributed by atoms with Gasteiger partial charge < -0.3 is 9.47 Å². The lowest BCUT2D eigenvalue weighted by Gasteiger charge is -2.40. The van der Waals surface area contributed by atoms with Gasteiger partial charge in [0, 0.05) is 24.4 Å². The van der Waals surface area contributed by atoms with Crippen molar-refractivity contribution in [1.29, 1.82) is 0 Å². The molecule has 0 amide bonds. The highest BCUT2D eigenvalue weighted by Gasteiger charge is 2.44. The van der Waals surface area contributed by atoms with Gasteiger partial charge in [0.1, 0.15) is 11.5 Å². The summed E-state index contributed by atoms with van der Waals surface area (Å²) >= 11 is 0. The maximum atomic E-state index is 13.3. The van der Waals surface area contributed by atoms with Crippen molar-refractivity contribution in [2.45, 2.75) is 31.6 Å². The smallest absolute Gasteiger partial charge is 0.391 e. The van der Waals surface area contributed by atoms with E-state index in [1.165, 1.54) is 0 Å². The summed E-state index contributed by atoms with van der Waals surface area (Å²) in [5, 5.41) is 0. The lowest BCUT2D eigenvalue weighted by molar-refractivity contribution is -0.190. The SMILES string of the molecule is COc1ccc(CN2CC[C@@H](C(F)(F)F)C[C@H]2c2ccccn2)c(OC)c1. The molecule has 3 rings (SSSR count). The van der Waals surface area contributed by atoms with Crippen molar-refractivity contribution in [3.8, 4) is 11.5 Å². The Labute approximate surface area is 156 Å². The molecule has 0 radical (unpaired) electrons. The van der Waals surface area contributed by atoms with E-state index in [4.69, 9.17) is 9.47 Å². The zero-order valence-electron chi connectivity index (χ0n) is 15.4. The van der Waals surface area contributed by atoms with E-state index in [0.717, 1.165) is 5.56 Å². The van der Waals surface area contributed by atoms with E-state index in [1.807, 2.05) is 18.2 Å². The highest BCUT2D eigenvalue weighted by Crippen LogP contribution is 2.42. The molecule has 2 aromatic rings. The number of benzene rings is 1. The molecule has 7 heteroatoms. The summed E-state index contributed by atoms with van der Waals surface area (Å²) in [6.07, 6.45) is -2.46. The molecule has 0 aliphatic carbocycles. The van der Waals surface area contributed by atoms with Gasteiger partial charge in [-0.15, -0.1) is 0 Å². The molecule has 0 bridgehead atoms. The third-order valence-electron chi connectivity index (χ3n) is 5.07. The van der Waals surface area contributed by atoms with Crippen LogP contribution in [-0.4, -0.2) is 36.8 Å². The van der Waals surface area contributed by atoms with Crippen LogP contribution in [0, 0.1) is 5.92 Å². The van der Waals surface area contributed by atoms with Crippen LogP contribution in [0.5, 0.6) is 11.5 Å². The fourth-order valence-electron chi connectivity index (χ4n) is 3.58. The standard InChI is InChI=1S/C20H23F3N2O2/c1-26-16-7-6-14(19(12-16)27-2)13-25-10-8-15(20(21,22)23)11-18(25)17-5-3-4-9-24-17/h3-7,9,12,15,18H,8,10-11,13H2,1-2H3/t15-,18+/m1/s1. The topological polar surface area (TPSA) is 34.6 Å². The van der Waals surface area contributed by atoms with Crippen LogP contribution in [0.3, 0.4) is 0 Å². The second-order valence-electron chi connectivity index (χ2n) is 6.68. The van der Waals surface area contributed by atoms with E-state index in [-0.39, 0.29) is 12.8 Å². The first-order chi connectivity index (χ1) is 12.9. The number of likely N-dealkylation sites (tertiary alicyclic amines) is 1. The number of piperidine rings is 1. The number of hydrogen-bond acceptors (Lipinski definition) is 4. The minimum atomic E-state index is -4.18. The van der Waals surface area contributed by atoms with Crippen LogP contribution in [0.1, 0.15) is 30.1 Å². The summed E-state index contributed by atoms with van der Waals surface area (Å²) < 4.78 is 50.6. The third kappa shape index (κ3) is 4.53. The van der Waals surface area contributed by atoms with E-state index >= 15 is 0 Å². The van der Waals surface area contributed by atoms with Gasteiger partial charge in [-0.2, -0.15) is 13.2 Å². The van der Waals surface area contributed by atoms with Gasteiger partial charge in [-0.25, -0.2) is 0 Å². The van der Waals surface area contributed by atoms with E-state index in [9.17, 15) is 13.2 Å². The number of halogens is 3. The molecule has 1 aliphatic heterocycles. The lowest BCUT2D eigenvalue weighted by Crippen LogP contribution is -2.41. The molecule has 0 saturated carbocycles. The Morgan fingerprint density at radius 2 is 1.96 bits per heavy atom. The molecule has 1 fully saturated rings. The maximum absolute atomic E-state index is 13.3. The van der Waals surface area contributed by atoms with Gasteiger partial charge in [0.25, 0.3) is 0 Å². The van der Waals surface area contributed by atoms with Crippen molar-refractivity contribution in [2.75, 3.05) is 20.8 Å². The summed E-state index contributed by atoms with van der Waals surface area (Å²) in [4.78, 5) is 6.37. The first-order valence-corrected chi connectivity index (χ1v) is 8.85. The fraction of sp³-hybridized carbons (Fsp3) is 0.450. The molecule has 27 heavy (non-hydrogen) atoms. The monoisotopic (exact) mass is 380 g/mol. The van der Waals surface area contributed by atoms with Crippen LogP contribution in [0.4, 0.5) is 13.2 Å². The van der Waals surface area contributed by atoms with Crippen LogP contribution in [-0.2, 0) is 6.54 Å². The summed E-state index contributed by atoms with van der Waals surface area (Å²) in [6, 6.07) is 10.5. The predicted octanol–water partition coefficient (Wildman–Crippen LogP) is 4.61. The van der Waals surface area contributed by atoms with Gasteiger partial charge in [0.05, 0.1) is 31.9 Å². The van der Waals surface area contributed by atoms with Crippen molar-refractivity contribution in [3.63, 3.8) is 0 Å². The number of pyridine rings is 1. The average molecular weight is 380 g/mol. The normalized spacial score (nSPS) is 21.1. The predicted molar refractivity (Wildman–Crippen MR) is 95.7 cm³/mol. The Hall–Kier alpha value is -2.28. The quantitative estimate of drug-likeness (QED) is 0.759. The molecule has 0 N–H and O–H groups in total. The lowest BCUT2D eigenvalue weighted by atomic mass is 9.88. The molecule has 146 valence electrons. The van der Waals surface area contributed by atoms with Crippen molar-refractivity contribution in [3.05, 3.63) is 53.9 Å². The molecule has 1 saturated heterocycles. The maximum Gasteiger partial charge on any atom is 0.391 e. The van der Waals surface area contributed by atoms with Crippen molar-refractivity contribution in [1.82, 2.24) is 9.88 Å². The molecule has 4 nitrogen and oxygen atoms in total. The van der Waals surface area contributed by atoms with Crippen LogP contribution in [0.25, 0.3) is 0 Å². The van der Waals surface area contributed by atoms with Gasteiger partial charge >= 0.3 is 6.18 Å². The van der Waals surface area contributed by atoms with Gasteiger partial charge in [-0.05, 0) is 37.6 Å². The van der Waals surface area contributed by atoms with E-state index < -0.39 is 18.1 Å². The number of rotatable bonds is 5. The number of ether oxygens (including phenoxy) is 2. The minimum absolute atomic E-state index is 0.0129. The molecule has 0 unspecified atom stereocenters. The first kappa shape index (κ1) is 19.5. The second-order valence-corrected chi connectivity index (χ2v) is 6.68. The fourth-order valence-corrected chi connectivity index (χ4v) is 3.58. The first-order valence-electron chi connectivity index (χ1n) is 8.85. The third-order valence-corrected chi connectivity index (χ3v) is 5.07. The largest absolute Gasteiger partial charge is 0.497 e. The molecular weight excluding hydrogens is 357 g/mol. The molecule has 1 aliphatic rings. The number of alkyl halides is 3. The summed E-state index contributed by atoms with van der Waals surface area (Å²) in [6.45, 7) is 0.833. The van der Waals surface area contributed by atoms with Crippen LogP contribution >= 0.6 is 0 Å². The summed E-state index contributed by atoms with van der Waals surface area (Å²) in [5.74, 6) is 0.0261. The molecule has 0 spiro atoms. The number of hydrogen-bond donors (Lipinski definition) is 0. The van der Waals surface area contributed by atoms with Crippen LogP contribution in [0.2, 0.25) is 0 Å². The highest BCUT2D eigenvalue weighted by molar-refractivity contribution is 5.40. The van der Waals surface area contributed by atoms with Crippen molar-refractivity contribution in [2.24, 2.45) is 5.92 Å². The van der Waals surface area contributed by atoms with Gasteiger partial charge in [0.15, 0.2) is 0 Å². The zero-order valence-corrected chi connectivity index (χ0v) is 15.4. The van der Waals surface area contributed by atoms with Gasteiger partial charge in [-0.1, -0.05) is 12.1 Å².